The first-order chi connectivity index (χ1) is 31.5. The lowest BCUT2D eigenvalue weighted by molar-refractivity contribution is 0.103. The number of allylic oxidation sites excluding steroid dienone is 2. The van der Waals surface area contributed by atoms with Gasteiger partial charge in [0.1, 0.15) is 31.3 Å². The summed E-state index contributed by atoms with van der Waals surface area (Å²) in [5.41, 5.74) is 7.30. The van der Waals surface area contributed by atoms with Gasteiger partial charge in [-0.05, 0) is 124 Å². The second-order valence-electron chi connectivity index (χ2n) is 16.8. The summed E-state index contributed by atoms with van der Waals surface area (Å²) in [6.07, 6.45) is -0.520. The highest BCUT2D eigenvalue weighted by molar-refractivity contribution is 6.09. The zero-order chi connectivity index (χ0) is 47.7. The predicted molar refractivity (Wildman–Crippen MR) is 263 cm³/mol. The summed E-state index contributed by atoms with van der Waals surface area (Å²) < 4.78 is 16.6. The van der Waals surface area contributed by atoms with Crippen LogP contribution in [0, 0.1) is 0 Å². The van der Waals surface area contributed by atoms with E-state index in [0.29, 0.717) is 46.9 Å². The third-order valence-corrected chi connectivity index (χ3v) is 10.5. The molecule has 0 atom stereocenters. The first-order valence-corrected chi connectivity index (χ1v) is 21.7. The number of nitrogens with one attached hydrogen (secondary N) is 3. The van der Waals surface area contributed by atoms with Crippen molar-refractivity contribution in [2.75, 3.05) is 26.4 Å². The Labute approximate surface area is 388 Å². The van der Waals surface area contributed by atoms with Crippen molar-refractivity contribution in [1.82, 2.24) is 16.0 Å². The fraction of sp³-hybridized carbons (Fsp3) is 0.214. The fourth-order valence-corrected chi connectivity index (χ4v) is 6.66. The molecule has 6 aromatic rings. The van der Waals surface area contributed by atoms with Crippen LogP contribution >= 0.6 is 0 Å². The maximum absolute atomic E-state index is 12.5. The van der Waals surface area contributed by atoms with Gasteiger partial charge in [0.2, 0.25) is 0 Å². The SMILES string of the molecule is C=C(C)c1cccc(C(C)(C)NC(=O)NCCOc2ccc(C(=O)c3ccccc3)cc2)c1.C=C(C)c1cccc(C(C)(C)NC(=O)OCCOc2ccc(C(=O)c3ccccc3)cc2)c1. The highest BCUT2D eigenvalue weighted by Gasteiger charge is 2.25. The lowest BCUT2D eigenvalue weighted by Gasteiger charge is -2.27. The number of hydrogen-bond acceptors (Lipinski definition) is 7. The minimum Gasteiger partial charge on any atom is -0.492 e. The summed E-state index contributed by atoms with van der Waals surface area (Å²) in [6, 6.07) is 47.8. The van der Waals surface area contributed by atoms with E-state index in [1.165, 1.54) is 0 Å². The maximum Gasteiger partial charge on any atom is 0.407 e. The maximum atomic E-state index is 12.5. The minimum atomic E-state index is -0.607. The Hall–Kier alpha value is -7.72. The van der Waals surface area contributed by atoms with Crippen LogP contribution in [0.2, 0.25) is 0 Å². The number of carbonyl (C=O) groups excluding carboxylic acids is 4. The van der Waals surface area contributed by atoms with E-state index in [9.17, 15) is 19.2 Å². The molecule has 6 rings (SSSR count). The zero-order valence-electron chi connectivity index (χ0n) is 38.6. The van der Waals surface area contributed by atoms with Crippen LogP contribution in [-0.4, -0.2) is 50.1 Å². The van der Waals surface area contributed by atoms with E-state index >= 15 is 0 Å². The molecule has 0 fully saturated rings. The standard InChI is InChI=1S/C28H30N2O3.C28H29NO4/c1-20(2)23-11-8-12-24(19-23)28(3,4)30-27(32)29-17-18-33-25-15-13-22(14-16-25)26(31)21-9-6-5-7-10-21;1-20(2)23-11-8-12-24(19-23)28(3,4)29-27(31)33-18-17-32-25-15-13-22(14-16-25)26(30)21-9-6-5-7-10-21/h5-16,19H,1,17-18H2,2-4H3,(H2,29,30,32);5-16,19H,1,17-18H2,2-4H3,(H,29,31). The summed E-state index contributed by atoms with van der Waals surface area (Å²) >= 11 is 0. The first kappa shape index (κ1) is 49.3. The molecule has 0 heterocycles. The van der Waals surface area contributed by atoms with E-state index in [1.54, 1.807) is 72.8 Å². The monoisotopic (exact) mass is 885 g/mol. The molecule has 0 saturated carbocycles. The Balaban J connectivity index is 0.000000247. The molecule has 6 aromatic carbocycles. The number of carbonyl (C=O) groups is 4. The van der Waals surface area contributed by atoms with Gasteiger partial charge in [-0.25, -0.2) is 9.59 Å². The van der Waals surface area contributed by atoms with E-state index in [0.717, 1.165) is 33.4 Å². The zero-order valence-corrected chi connectivity index (χ0v) is 38.6. The molecule has 0 saturated heterocycles. The van der Waals surface area contributed by atoms with Crippen molar-refractivity contribution in [2.24, 2.45) is 0 Å². The molecule has 0 bridgehead atoms. The van der Waals surface area contributed by atoms with Gasteiger partial charge in [0.15, 0.2) is 11.6 Å². The summed E-state index contributed by atoms with van der Waals surface area (Å²) in [5, 5.41) is 8.71. The van der Waals surface area contributed by atoms with Crippen molar-refractivity contribution in [1.29, 1.82) is 0 Å². The molecule has 0 aliphatic carbocycles. The molecule has 3 N–H and O–H groups in total. The van der Waals surface area contributed by atoms with E-state index in [-0.39, 0.29) is 30.8 Å². The molecule has 0 radical (unpaired) electrons. The van der Waals surface area contributed by atoms with Gasteiger partial charge in [0.25, 0.3) is 0 Å². The number of ketones is 2. The topological polar surface area (TPSA) is 132 Å². The molecule has 66 heavy (non-hydrogen) atoms. The van der Waals surface area contributed by atoms with Crippen LogP contribution in [0.4, 0.5) is 9.59 Å². The summed E-state index contributed by atoms with van der Waals surface area (Å²) in [7, 11) is 0. The quantitative estimate of drug-likeness (QED) is 0.0578. The Morgan fingerprint density at radius 1 is 0.470 bits per heavy atom. The normalized spacial score (nSPS) is 10.9. The second-order valence-corrected chi connectivity index (χ2v) is 16.8. The molecule has 0 spiro atoms. The molecule has 10 heteroatoms. The molecule has 340 valence electrons. The predicted octanol–water partition coefficient (Wildman–Crippen LogP) is 11.6. The highest BCUT2D eigenvalue weighted by atomic mass is 16.6. The third kappa shape index (κ3) is 14.7. The number of alkyl carbamates (subject to hydrolysis) is 1. The van der Waals surface area contributed by atoms with Crippen LogP contribution in [0.25, 0.3) is 11.1 Å². The molecule has 10 nitrogen and oxygen atoms in total. The number of ether oxygens (including phenoxy) is 3. The largest absolute Gasteiger partial charge is 0.492 e. The van der Waals surface area contributed by atoms with Gasteiger partial charge in [0, 0.05) is 22.3 Å². The van der Waals surface area contributed by atoms with E-state index < -0.39 is 17.2 Å². The van der Waals surface area contributed by atoms with Gasteiger partial charge in [-0.3, -0.25) is 9.59 Å². The molecule has 3 amide bonds. The number of urea groups is 1. The van der Waals surface area contributed by atoms with Crippen LogP contribution < -0.4 is 25.4 Å². The summed E-state index contributed by atoms with van der Waals surface area (Å²) in [4.78, 5) is 49.6. The first-order valence-electron chi connectivity index (χ1n) is 21.7. The second kappa shape index (κ2) is 23.3. The summed E-state index contributed by atoms with van der Waals surface area (Å²) in [5.74, 6) is 1.16. The van der Waals surface area contributed by atoms with Gasteiger partial charge in [-0.1, -0.05) is 121 Å². The Morgan fingerprint density at radius 2 is 0.864 bits per heavy atom. The average molecular weight is 886 g/mol. The van der Waals surface area contributed by atoms with E-state index in [1.807, 2.05) is 126 Å². The van der Waals surface area contributed by atoms with Crippen LogP contribution in [0.3, 0.4) is 0 Å². The lowest BCUT2D eigenvalue weighted by Crippen LogP contribution is -2.47. The van der Waals surface area contributed by atoms with Crippen molar-refractivity contribution >= 4 is 34.8 Å². The summed E-state index contributed by atoms with van der Waals surface area (Å²) in [6.45, 7) is 20.6. The van der Waals surface area contributed by atoms with Gasteiger partial charge in [0.05, 0.1) is 17.6 Å². The van der Waals surface area contributed by atoms with E-state index in [2.05, 4.69) is 29.1 Å². The van der Waals surface area contributed by atoms with Crippen molar-refractivity contribution in [2.45, 2.75) is 52.6 Å². The van der Waals surface area contributed by atoms with Gasteiger partial charge in [-0.15, -0.1) is 0 Å². The average Bonchev–Trinajstić information content (AvgIpc) is 3.32. The van der Waals surface area contributed by atoms with Gasteiger partial charge < -0.3 is 30.2 Å². The Kier molecular flexibility index (Phi) is 17.4. The molecule has 0 aliphatic heterocycles. The van der Waals surface area contributed by atoms with Crippen LogP contribution in [0.5, 0.6) is 11.5 Å². The molecule has 0 unspecified atom stereocenters. The lowest BCUT2D eigenvalue weighted by atomic mass is 9.92. The number of rotatable bonds is 18. The third-order valence-electron chi connectivity index (χ3n) is 10.5. The van der Waals surface area contributed by atoms with Crippen molar-refractivity contribution < 1.29 is 33.4 Å². The fourth-order valence-electron chi connectivity index (χ4n) is 6.66. The molecular weight excluding hydrogens is 827 g/mol. The Bertz CT molecular complexity index is 2420. The van der Waals surface area contributed by atoms with Crippen LogP contribution in [-0.2, 0) is 15.8 Å². The van der Waals surface area contributed by atoms with Crippen LogP contribution in [0.15, 0.2) is 171 Å². The molecule has 0 aromatic heterocycles. The van der Waals surface area contributed by atoms with Gasteiger partial charge >= 0.3 is 12.1 Å². The van der Waals surface area contributed by atoms with Crippen molar-refractivity contribution in [3.05, 3.63) is 215 Å². The van der Waals surface area contributed by atoms with Crippen molar-refractivity contribution in [3.8, 4) is 11.5 Å². The minimum absolute atomic E-state index is 0.0307. The van der Waals surface area contributed by atoms with E-state index in [4.69, 9.17) is 14.2 Å². The highest BCUT2D eigenvalue weighted by Crippen LogP contribution is 2.25. The van der Waals surface area contributed by atoms with Gasteiger partial charge in [-0.2, -0.15) is 0 Å². The number of hydrogen-bond donors (Lipinski definition) is 3. The van der Waals surface area contributed by atoms with Crippen molar-refractivity contribution in [3.63, 3.8) is 0 Å². The molecule has 0 aliphatic rings. The molecular formula is C56H59N3O7. The smallest absolute Gasteiger partial charge is 0.407 e. The number of benzene rings is 6. The Morgan fingerprint density at radius 3 is 1.30 bits per heavy atom. The van der Waals surface area contributed by atoms with Crippen LogP contribution in [0.1, 0.15) is 95.6 Å². The number of amides is 3.